The molecule has 1 aliphatic heterocycles. The molecule has 0 bridgehead atoms. The smallest absolute Gasteiger partial charge is 0.243 e. The molecule has 100 valence electrons. The summed E-state index contributed by atoms with van der Waals surface area (Å²) in [5.74, 6) is 0.0310. The van der Waals surface area contributed by atoms with Gasteiger partial charge in [-0.05, 0) is 12.5 Å². The normalized spacial score (nSPS) is 17.0. The first-order chi connectivity index (χ1) is 9.08. The molecule has 2 N–H and O–H groups in total. The highest BCUT2D eigenvalue weighted by Crippen LogP contribution is 2.18. The van der Waals surface area contributed by atoms with Gasteiger partial charge in [0.25, 0.3) is 0 Å². The van der Waals surface area contributed by atoms with Gasteiger partial charge in [0, 0.05) is 19.3 Å². The number of carbonyl (C=O) groups excluding carboxylic acids is 1. The van der Waals surface area contributed by atoms with Crippen LogP contribution in [-0.4, -0.2) is 27.7 Å². The van der Waals surface area contributed by atoms with Gasteiger partial charge in [0.1, 0.15) is 0 Å². The Hall–Kier alpha value is -1.75. The van der Waals surface area contributed by atoms with Crippen molar-refractivity contribution in [3.63, 3.8) is 0 Å². The second-order valence-electron chi connectivity index (χ2n) is 4.67. The number of hydrogen-bond donors (Lipinski definition) is 1. The van der Waals surface area contributed by atoms with Gasteiger partial charge < -0.3 is 5.73 Å². The van der Waals surface area contributed by atoms with E-state index >= 15 is 0 Å². The number of hydrazone groups is 1. The Labute approximate surface area is 118 Å². The predicted octanol–water partition coefficient (Wildman–Crippen LogP) is 2.08. The number of amides is 1. The molecular weight excluding hydrogens is 258 g/mol. The van der Waals surface area contributed by atoms with Gasteiger partial charge in [0.2, 0.25) is 5.91 Å². The lowest BCUT2D eigenvalue weighted by molar-refractivity contribution is -0.133. The zero-order valence-electron chi connectivity index (χ0n) is 10.9. The minimum absolute atomic E-state index is 0.0310. The number of rotatable bonds is 4. The van der Waals surface area contributed by atoms with Crippen LogP contribution in [0.1, 0.15) is 31.7 Å². The van der Waals surface area contributed by atoms with Crippen molar-refractivity contribution in [2.75, 3.05) is 0 Å². The van der Waals surface area contributed by atoms with Gasteiger partial charge >= 0.3 is 0 Å². The van der Waals surface area contributed by atoms with E-state index in [1.54, 1.807) is 0 Å². The molecule has 1 unspecified atom stereocenters. The summed E-state index contributed by atoms with van der Waals surface area (Å²) in [5, 5.41) is 5.99. The molecule has 1 aromatic rings. The topological polar surface area (TPSA) is 58.7 Å². The van der Waals surface area contributed by atoms with Crippen LogP contribution in [0.3, 0.4) is 0 Å². The highest BCUT2D eigenvalue weighted by molar-refractivity contribution is 7.80. The maximum atomic E-state index is 11.9. The van der Waals surface area contributed by atoms with E-state index < -0.39 is 0 Å². The molecule has 0 aromatic heterocycles. The molecule has 2 rings (SSSR count). The molecule has 1 aromatic carbocycles. The van der Waals surface area contributed by atoms with E-state index in [2.05, 4.69) is 5.10 Å². The summed E-state index contributed by atoms with van der Waals surface area (Å²) in [6.07, 6.45) is 1.65. The van der Waals surface area contributed by atoms with Gasteiger partial charge in [0.15, 0.2) is 0 Å². The molecule has 1 atom stereocenters. The Morgan fingerprint density at radius 2 is 2.11 bits per heavy atom. The van der Waals surface area contributed by atoms with Crippen LogP contribution in [0, 0.1) is 0 Å². The Balaban J connectivity index is 2.23. The zero-order valence-corrected chi connectivity index (χ0v) is 11.7. The molecule has 0 spiro atoms. The number of carbonyl (C=O) groups is 1. The quantitative estimate of drug-likeness (QED) is 0.856. The minimum Gasteiger partial charge on any atom is -0.393 e. The summed E-state index contributed by atoms with van der Waals surface area (Å²) in [4.78, 5) is 12.3. The fourth-order valence-corrected chi connectivity index (χ4v) is 2.37. The van der Waals surface area contributed by atoms with Gasteiger partial charge in [-0.1, -0.05) is 42.5 Å². The zero-order chi connectivity index (χ0) is 13.8. The lowest BCUT2D eigenvalue weighted by Crippen LogP contribution is -2.40. The van der Waals surface area contributed by atoms with Gasteiger partial charge in [-0.15, -0.1) is 0 Å². The van der Waals surface area contributed by atoms with Crippen LogP contribution in [-0.2, 0) is 4.79 Å². The molecule has 1 aliphatic rings. The van der Waals surface area contributed by atoms with Gasteiger partial charge in [-0.3, -0.25) is 4.79 Å². The highest BCUT2D eigenvalue weighted by atomic mass is 32.1. The summed E-state index contributed by atoms with van der Waals surface area (Å²) < 4.78 is 0. The van der Waals surface area contributed by atoms with E-state index in [0.29, 0.717) is 24.3 Å². The molecule has 0 saturated heterocycles. The van der Waals surface area contributed by atoms with E-state index in [0.717, 1.165) is 11.3 Å². The first-order valence-corrected chi connectivity index (χ1v) is 6.72. The van der Waals surface area contributed by atoms with Crippen LogP contribution < -0.4 is 5.73 Å². The van der Waals surface area contributed by atoms with E-state index in [1.807, 2.05) is 37.3 Å². The number of nitrogens with two attached hydrogens (primary N) is 1. The van der Waals surface area contributed by atoms with Crippen molar-refractivity contribution >= 4 is 28.8 Å². The van der Waals surface area contributed by atoms with E-state index in [4.69, 9.17) is 18.0 Å². The van der Waals surface area contributed by atoms with Crippen molar-refractivity contribution in [1.29, 1.82) is 0 Å². The Bertz CT molecular complexity index is 513. The van der Waals surface area contributed by atoms with Crippen LogP contribution in [0.15, 0.2) is 35.4 Å². The average molecular weight is 275 g/mol. The molecule has 4 nitrogen and oxygen atoms in total. The fourth-order valence-electron chi connectivity index (χ4n) is 2.13. The third kappa shape index (κ3) is 3.38. The molecule has 0 aliphatic carbocycles. The number of thiocarbonyl (C=S) groups is 1. The third-order valence-corrected chi connectivity index (χ3v) is 3.25. The van der Waals surface area contributed by atoms with Crippen LogP contribution in [0.25, 0.3) is 0 Å². The second kappa shape index (κ2) is 5.93. The average Bonchev–Trinajstić information content (AvgIpc) is 2.39. The van der Waals surface area contributed by atoms with E-state index in [1.165, 1.54) is 5.01 Å². The summed E-state index contributed by atoms with van der Waals surface area (Å²) >= 11 is 4.89. The standard InChI is InChI=1S/C14H17N3OS/c1-10(9-13(15)19)17-14(18)8-7-12(16-17)11-5-3-2-4-6-11/h2-6,10H,7-9H2,1H3,(H2,15,19). The summed E-state index contributed by atoms with van der Waals surface area (Å²) in [6, 6.07) is 9.82. The molecular formula is C14H17N3OS. The Morgan fingerprint density at radius 3 is 2.74 bits per heavy atom. The van der Waals surface area contributed by atoms with Gasteiger partial charge in [-0.25, -0.2) is 5.01 Å². The molecule has 0 fully saturated rings. The molecule has 0 saturated carbocycles. The van der Waals surface area contributed by atoms with Gasteiger partial charge in [0.05, 0.1) is 16.7 Å². The van der Waals surface area contributed by atoms with Crippen molar-refractivity contribution in [1.82, 2.24) is 5.01 Å². The van der Waals surface area contributed by atoms with Crippen LogP contribution in [0.5, 0.6) is 0 Å². The third-order valence-electron chi connectivity index (χ3n) is 3.08. The Morgan fingerprint density at radius 1 is 1.42 bits per heavy atom. The van der Waals surface area contributed by atoms with Crippen molar-refractivity contribution in [3.8, 4) is 0 Å². The van der Waals surface area contributed by atoms with Crippen molar-refractivity contribution in [3.05, 3.63) is 35.9 Å². The number of hydrogen-bond acceptors (Lipinski definition) is 3. The predicted molar refractivity (Wildman–Crippen MR) is 79.9 cm³/mol. The molecule has 5 heteroatoms. The maximum Gasteiger partial charge on any atom is 0.243 e. The summed E-state index contributed by atoms with van der Waals surface area (Å²) in [7, 11) is 0. The molecule has 1 heterocycles. The van der Waals surface area contributed by atoms with Crippen LogP contribution in [0.2, 0.25) is 0 Å². The molecule has 0 radical (unpaired) electrons. The largest absolute Gasteiger partial charge is 0.393 e. The molecule has 19 heavy (non-hydrogen) atoms. The van der Waals surface area contributed by atoms with E-state index in [9.17, 15) is 4.79 Å². The van der Waals surface area contributed by atoms with Crippen molar-refractivity contribution in [2.45, 2.75) is 32.2 Å². The second-order valence-corrected chi connectivity index (χ2v) is 5.19. The maximum absolute atomic E-state index is 11.9. The fraction of sp³-hybridized carbons (Fsp3) is 0.357. The first-order valence-electron chi connectivity index (χ1n) is 6.31. The molecule has 1 amide bonds. The van der Waals surface area contributed by atoms with Crippen LogP contribution >= 0.6 is 12.2 Å². The lowest BCUT2D eigenvalue weighted by atomic mass is 10.0. The van der Waals surface area contributed by atoms with E-state index in [-0.39, 0.29) is 11.9 Å². The number of benzene rings is 1. The monoisotopic (exact) mass is 275 g/mol. The highest BCUT2D eigenvalue weighted by Gasteiger charge is 2.25. The number of nitrogens with zero attached hydrogens (tertiary/aromatic N) is 2. The lowest BCUT2D eigenvalue weighted by Gasteiger charge is -2.28. The van der Waals surface area contributed by atoms with Crippen molar-refractivity contribution < 1.29 is 4.79 Å². The summed E-state index contributed by atoms with van der Waals surface area (Å²) in [6.45, 7) is 1.91. The van der Waals surface area contributed by atoms with Crippen LogP contribution in [0.4, 0.5) is 0 Å². The summed E-state index contributed by atoms with van der Waals surface area (Å²) in [5.41, 5.74) is 7.53. The van der Waals surface area contributed by atoms with Gasteiger partial charge in [-0.2, -0.15) is 5.10 Å². The SMILES string of the molecule is CC(CC(N)=S)N1N=C(c2ccccc2)CCC1=O. The minimum atomic E-state index is -0.0935. The Kier molecular flexibility index (Phi) is 4.27. The van der Waals surface area contributed by atoms with Crippen molar-refractivity contribution in [2.24, 2.45) is 10.8 Å². The first kappa shape index (κ1) is 13.7.